The molecular formula is C33H43O20+. The van der Waals surface area contributed by atoms with E-state index in [2.05, 4.69) is 4.74 Å². The number of phenolic OH excluding ortho intramolecular Hbond substituents is 2. The molecule has 53 heavy (non-hydrogen) atoms. The molecule has 6 rings (SSSR count). The molecule has 4 aliphatic heterocycles. The molecule has 20 heteroatoms. The van der Waals surface area contributed by atoms with Gasteiger partial charge in [-0.3, -0.25) is 0 Å². The average molecular weight is 760 g/mol. The zero-order valence-corrected chi connectivity index (χ0v) is 27.8. The molecule has 0 radical (unpaired) electrons. The van der Waals surface area contributed by atoms with Gasteiger partial charge in [-0.05, 0) is 19.1 Å². The minimum absolute atomic E-state index is 0.0332. The topological polar surface area (TPSA) is 331 Å². The van der Waals surface area contributed by atoms with Gasteiger partial charge in [-0.1, -0.05) is 0 Å². The van der Waals surface area contributed by atoms with Crippen molar-refractivity contribution in [2.24, 2.45) is 0 Å². The lowest BCUT2D eigenvalue weighted by atomic mass is 9.96. The number of benzene rings is 1. The van der Waals surface area contributed by atoms with Gasteiger partial charge in [-0.2, -0.15) is 0 Å². The molecule has 0 spiro atoms. The number of ether oxygens (including phenoxy) is 7. The highest BCUT2D eigenvalue weighted by atomic mass is 16.8. The lowest BCUT2D eigenvalue weighted by Gasteiger charge is -2.46. The second-order valence-electron chi connectivity index (χ2n) is 13.2. The first-order chi connectivity index (χ1) is 25.1. The number of allylic oxidation sites excluding steroid dienone is 2. The Morgan fingerprint density at radius 2 is 1.38 bits per heavy atom. The lowest BCUT2D eigenvalue weighted by molar-refractivity contribution is -0.362. The third-order valence-corrected chi connectivity index (χ3v) is 9.52. The van der Waals surface area contributed by atoms with E-state index in [1.807, 2.05) is 0 Å². The van der Waals surface area contributed by atoms with Gasteiger partial charge < -0.3 is 99.5 Å². The molecule has 3 fully saturated rings. The van der Waals surface area contributed by atoms with Crippen LogP contribution in [0.4, 0.5) is 0 Å². The van der Waals surface area contributed by atoms with Gasteiger partial charge in [0.1, 0.15) is 78.7 Å². The Kier molecular flexibility index (Phi) is 11.5. The van der Waals surface area contributed by atoms with Crippen molar-refractivity contribution in [1.29, 1.82) is 0 Å². The molecule has 0 bridgehead atoms. The second-order valence-corrected chi connectivity index (χ2v) is 13.2. The highest BCUT2D eigenvalue weighted by Crippen LogP contribution is 2.39. The monoisotopic (exact) mass is 759 g/mol. The maximum absolute atomic E-state index is 11.6. The smallest absolute Gasteiger partial charge is 0.305 e. The van der Waals surface area contributed by atoms with E-state index in [9.17, 15) is 66.4 Å². The quantitative estimate of drug-likeness (QED) is 0.0842. The summed E-state index contributed by atoms with van der Waals surface area (Å²) in [6.07, 6.45) is -22.6. The highest BCUT2D eigenvalue weighted by Gasteiger charge is 2.53. The van der Waals surface area contributed by atoms with Crippen LogP contribution in [0, 0.1) is 0 Å². The molecule has 1 aliphatic carbocycles. The van der Waals surface area contributed by atoms with Gasteiger partial charge >= 0.3 is 5.76 Å². The van der Waals surface area contributed by atoms with Crippen LogP contribution in [-0.2, 0) is 28.4 Å². The van der Waals surface area contributed by atoms with E-state index in [4.69, 9.17) is 28.4 Å². The van der Waals surface area contributed by atoms with Crippen LogP contribution in [-0.4, -0.2) is 183 Å². The van der Waals surface area contributed by atoms with Crippen LogP contribution in [0.5, 0.6) is 11.5 Å². The third-order valence-electron chi connectivity index (χ3n) is 9.52. The van der Waals surface area contributed by atoms with Crippen LogP contribution >= 0.6 is 0 Å². The first kappa shape index (κ1) is 39.1. The molecule has 0 saturated carbocycles. The number of fused-ring (bicyclic) bond motifs is 1. The van der Waals surface area contributed by atoms with Crippen LogP contribution in [0.15, 0.2) is 59.3 Å². The highest BCUT2D eigenvalue weighted by molar-refractivity contribution is 5.69. The Morgan fingerprint density at radius 3 is 2.08 bits per heavy atom. The minimum Gasteiger partial charge on any atom is -0.571 e. The summed E-state index contributed by atoms with van der Waals surface area (Å²) in [5, 5.41) is 136. The second kappa shape index (κ2) is 15.6. The number of aliphatic hydroxyl groups is 13. The zero-order chi connectivity index (χ0) is 38.5. The molecule has 14 N–H and O–H groups in total. The molecule has 1 aromatic rings. The first-order valence-electron chi connectivity index (χ1n) is 16.6. The predicted molar refractivity (Wildman–Crippen MR) is 171 cm³/mol. The Labute approximate surface area is 300 Å². The normalized spacial score (nSPS) is 41.8. The predicted octanol–water partition coefficient (Wildman–Crippen LogP) is -4.01. The van der Waals surface area contributed by atoms with Gasteiger partial charge in [-0.15, -0.1) is 0 Å². The van der Waals surface area contributed by atoms with E-state index in [0.717, 1.165) is 18.2 Å². The fourth-order valence-corrected chi connectivity index (χ4v) is 6.43. The first-order valence-corrected chi connectivity index (χ1v) is 16.6. The fourth-order valence-electron chi connectivity index (χ4n) is 6.43. The summed E-state index contributed by atoms with van der Waals surface area (Å²) in [5.41, 5.74) is 0.285. The van der Waals surface area contributed by atoms with E-state index in [1.54, 1.807) is 0 Å². The Balaban J connectivity index is 1.33. The third kappa shape index (κ3) is 7.70. The van der Waals surface area contributed by atoms with Gasteiger partial charge in [0.05, 0.1) is 36.5 Å². The van der Waals surface area contributed by atoms with E-state index >= 15 is 0 Å². The number of hydrogen-bond donors (Lipinski definition) is 13. The number of aliphatic hydroxyl groups excluding tert-OH is 11. The summed E-state index contributed by atoms with van der Waals surface area (Å²) in [7, 11) is 0. The Hall–Kier alpha value is -3.58. The fraction of sp³-hybridized carbons (Fsp3) is 0.576. The molecule has 0 amide bonds. The summed E-state index contributed by atoms with van der Waals surface area (Å²) in [6.45, 7) is -0.0548. The van der Waals surface area contributed by atoms with Gasteiger partial charge in [0.25, 0.3) is 0 Å². The molecule has 3 saturated heterocycles. The summed E-state index contributed by atoms with van der Waals surface area (Å²) >= 11 is 0. The van der Waals surface area contributed by atoms with E-state index in [-0.39, 0.29) is 28.4 Å². The minimum atomic E-state index is -1.99. The summed E-state index contributed by atoms with van der Waals surface area (Å²) in [5.74, 6) is -1.93. The van der Waals surface area contributed by atoms with Crippen LogP contribution in [0.25, 0.3) is 5.76 Å². The van der Waals surface area contributed by atoms with Crippen molar-refractivity contribution in [1.82, 2.24) is 0 Å². The molecular weight excluding hydrogens is 716 g/mol. The SMILES string of the molecule is C[C@@H]1O[C@@H](OC[C@H]2O[C@@H](OC3=C(c4ccc(O)c(O)c4)[OH+]C4C=C(O)C=C(O)C4=C3)[C@H](O)[C@@H](O[C@H]3O[C@@H](CO)[C@H](O)[C@@H](O)[C@@H]3O)[C@@H]2O)[C@H](O)[C@H](O)[C@H]1O. The molecule has 0 aromatic heterocycles. The molecule has 20 nitrogen and oxygen atoms in total. The van der Waals surface area contributed by atoms with Crippen molar-refractivity contribution in [3.63, 3.8) is 0 Å². The lowest BCUT2D eigenvalue weighted by Crippen LogP contribution is -2.65. The van der Waals surface area contributed by atoms with Crippen molar-refractivity contribution in [2.75, 3.05) is 13.2 Å². The zero-order valence-electron chi connectivity index (χ0n) is 27.8. The van der Waals surface area contributed by atoms with E-state index < -0.39 is 129 Å². The standard InChI is InChI=1S/C33H42O20/c1-10-21(39)24(42)26(44)31(48-10)47-9-20-23(41)30(53-32-27(45)25(43)22(40)19(8-34)51-32)28(46)33(52-20)50-18-7-13-15(37)5-12(35)6-17(13)49-29(18)11-2-3-14(36)16(38)4-11/h2-7,10,17,19-28,30-46H,8-9H2,1H3/p+1/t10-,17?,19-,20+,21-,22-,23+,24+,25+,26+,27-,28+,30-,31+,32+,33+/m0/s1. The van der Waals surface area contributed by atoms with Crippen LogP contribution < -0.4 is 0 Å². The van der Waals surface area contributed by atoms with Gasteiger partial charge in [0, 0.05) is 18.2 Å². The molecule has 16 atom stereocenters. The van der Waals surface area contributed by atoms with Crippen molar-refractivity contribution in [3.05, 3.63) is 64.8 Å². The number of hydrogen-bond acceptors (Lipinski definition) is 19. The largest absolute Gasteiger partial charge is 0.571 e. The molecule has 294 valence electrons. The van der Waals surface area contributed by atoms with Gasteiger partial charge in [-0.25, -0.2) is 0 Å². The summed E-state index contributed by atoms with van der Waals surface area (Å²) < 4.78 is 38.8. The van der Waals surface area contributed by atoms with Crippen LogP contribution in [0.1, 0.15) is 12.5 Å². The van der Waals surface area contributed by atoms with Gasteiger partial charge in [0.15, 0.2) is 24.1 Å². The Bertz CT molecular complexity index is 1610. The van der Waals surface area contributed by atoms with E-state index in [0.29, 0.717) is 0 Å². The number of phenols is 2. The maximum atomic E-state index is 11.6. The number of rotatable bonds is 9. The summed E-state index contributed by atoms with van der Waals surface area (Å²) in [4.78, 5) is 0. The molecule has 5 aliphatic rings. The Morgan fingerprint density at radius 1 is 0.698 bits per heavy atom. The van der Waals surface area contributed by atoms with E-state index in [1.165, 1.54) is 25.1 Å². The molecule has 1 unspecified atom stereocenters. The average Bonchev–Trinajstić information content (AvgIpc) is 3.12. The van der Waals surface area contributed by atoms with Gasteiger partial charge in [0.2, 0.25) is 18.2 Å². The maximum Gasteiger partial charge on any atom is 0.305 e. The van der Waals surface area contributed by atoms with Crippen molar-refractivity contribution >= 4 is 5.76 Å². The summed E-state index contributed by atoms with van der Waals surface area (Å²) in [6, 6.07) is 3.67. The number of aromatic hydroxyl groups is 2. The van der Waals surface area contributed by atoms with Crippen LogP contribution in [0.2, 0.25) is 0 Å². The van der Waals surface area contributed by atoms with Crippen molar-refractivity contribution in [3.8, 4) is 11.5 Å². The van der Waals surface area contributed by atoms with Crippen molar-refractivity contribution in [2.45, 2.75) is 105 Å². The molecule has 1 aromatic carbocycles. The molecule has 4 heterocycles. The van der Waals surface area contributed by atoms with Crippen molar-refractivity contribution < 1.29 is 99.5 Å². The van der Waals surface area contributed by atoms with Crippen LogP contribution in [0.3, 0.4) is 0 Å².